The fourth-order valence-corrected chi connectivity index (χ4v) is 1.94. The number of benzene rings is 1. The molecule has 0 amide bonds. The lowest BCUT2D eigenvalue weighted by atomic mass is 10.1. The van der Waals surface area contributed by atoms with Crippen LogP contribution in [0.5, 0.6) is 0 Å². The Hall–Kier alpha value is -2.69. The van der Waals surface area contributed by atoms with Crippen molar-refractivity contribution in [2.24, 2.45) is 0 Å². The standard InChI is InChI=1S/C14H11N3O2/c1-9-2-4-10(5-3-9)12-13-16-11(14(18)19)8-17(13)7-6-15-12/h2-8H,1H3,(H,18,19). The number of hydrogen-bond donors (Lipinski definition) is 1. The summed E-state index contributed by atoms with van der Waals surface area (Å²) in [6, 6.07) is 7.88. The number of fused-ring (bicyclic) bond motifs is 1. The number of imidazole rings is 1. The molecule has 0 radical (unpaired) electrons. The van der Waals surface area contributed by atoms with E-state index in [1.54, 1.807) is 16.8 Å². The maximum absolute atomic E-state index is 11.0. The first kappa shape index (κ1) is 11.4. The molecule has 3 aromatic rings. The maximum atomic E-state index is 11.0. The first-order chi connectivity index (χ1) is 9.15. The van der Waals surface area contributed by atoms with Crippen molar-refractivity contribution in [1.82, 2.24) is 14.4 Å². The average Bonchev–Trinajstić information content (AvgIpc) is 2.83. The van der Waals surface area contributed by atoms with E-state index in [2.05, 4.69) is 9.97 Å². The molecule has 1 aromatic carbocycles. The molecule has 0 aliphatic heterocycles. The number of aromatic carboxylic acids is 1. The second kappa shape index (κ2) is 4.20. The minimum absolute atomic E-state index is 0.0151. The van der Waals surface area contributed by atoms with Crippen molar-refractivity contribution in [3.05, 3.63) is 54.1 Å². The van der Waals surface area contributed by atoms with Crippen LogP contribution in [-0.2, 0) is 0 Å². The third-order valence-corrected chi connectivity index (χ3v) is 2.92. The Morgan fingerprint density at radius 1 is 1.26 bits per heavy atom. The van der Waals surface area contributed by atoms with Gasteiger partial charge in [-0.2, -0.15) is 0 Å². The highest BCUT2D eigenvalue weighted by Gasteiger charge is 2.13. The third-order valence-electron chi connectivity index (χ3n) is 2.92. The Morgan fingerprint density at radius 2 is 2.00 bits per heavy atom. The van der Waals surface area contributed by atoms with Crippen molar-refractivity contribution in [2.75, 3.05) is 0 Å². The molecular formula is C14H11N3O2. The zero-order valence-corrected chi connectivity index (χ0v) is 10.2. The summed E-state index contributed by atoms with van der Waals surface area (Å²) in [6.45, 7) is 2.01. The monoisotopic (exact) mass is 253 g/mol. The van der Waals surface area contributed by atoms with Gasteiger partial charge in [-0.15, -0.1) is 0 Å². The Kier molecular flexibility index (Phi) is 2.52. The van der Waals surface area contributed by atoms with Gasteiger partial charge in [0.05, 0.1) is 0 Å². The van der Waals surface area contributed by atoms with Gasteiger partial charge in [0.2, 0.25) is 0 Å². The summed E-state index contributed by atoms with van der Waals surface area (Å²) in [5, 5.41) is 8.99. The maximum Gasteiger partial charge on any atom is 0.356 e. The van der Waals surface area contributed by atoms with Crippen LogP contribution in [0.25, 0.3) is 16.9 Å². The highest BCUT2D eigenvalue weighted by Crippen LogP contribution is 2.22. The first-order valence-electron chi connectivity index (χ1n) is 5.79. The number of nitrogens with zero attached hydrogens (tertiary/aromatic N) is 3. The van der Waals surface area contributed by atoms with E-state index >= 15 is 0 Å². The van der Waals surface area contributed by atoms with Crippen LogP contribution in [0.3, 0.4) is 0 Å². The summed E-state index contributed by atoms with van der Waals surface area (Å²) in [7, 11) is 0. The Balaban J connectivity index is 2.23. The van der Waals surface area contributed by atoms with E-state index in [0.717, 1.165) is 11.1 Å². The molecule has 0 saturated carbocycles. The molecule has 0 fully saturated rings. The topological polar surface area (TPSA) is 67.5 Å². The smallest absolute Gasteiger partial charge is 0.356 e. The number of aryl methyl sites for hydroxylation is 1. The van der Waals surface area contributed by atoms with E-state index < -0.39 is 5.97 Å². The van der Waals surface area contributed by atoms with Crippen LogP contribution in [0.15, 0.2) is 42.9 Å². The number of carboxylic acids is 1. The van der Waals surface area contributed by atoms with Gasteiger partial charge in [-0.1, -0.05) is 29.8 Å². The first-order valence-corrected chi connectivity index (χ1v) is 5.79. The van der Waals surface area contributed by atoms with Crippen LogP contribution in [0.4, 0.5) is 0 Å². The Morgan fingerprint density at radius 3 is 2.68 bits per heavy atom. The van der Waals surface area contributed by atoms with Crippen molar-refractivity contribution in [2.45, 2.75) is 6.92 Å². The van der Waals surface area contributed by atoms with E-state index in [-0.39, 0.29) is 5.69 Å². The van der Waals surface area contributed by atoms with Crippen LogP contribution in [0.2, 0.25) is 0 Å². The fraction of sp³-hybridized carbons (Fsp3) is 0.0714. The Bertz CT molecular complexity index is 760. The average molecular weight is 253 g/mol. The molecule has 2 heterocycles. The van der Waals surface area contributed by atoms with Gasteiger partial charge < -0.3 is 9.51 Å². The van der Waals surface area contributed by atoms with Gasteiger partial charge in [0.25, 0.3) is 0 Å². The second-order valence-electron chi connectivity index (χ2n) is 4.30. The van der Waals surface area contributed by atoms with E-state index in [9.17, 15) is 4.79 Å². The number of carbonyl (C=O) groups is 1. The third kappa shape index (κ3) is 1.95. The van der Waals surface area contributed by atoms with Gasteiger partial charge >= 0.3 is 5.97 Å². The summed E-state index contributed by atoms with van der Waals surface area (Å²) in [5.74, 6) is -1.04. The summed E-state index contributed by atoms with van der Waals surface area (Å²) in [6.07, 6.45) is 4.80. The zero-order valence-electron chi connectivity index (χ0n) is 10.2. The minimum atomic E-state index is -1.04. The van der Waals surface area contributed by atoms with Crippen molar-refractivity contribution >= 4 is 11.6 Å². The van der Waals surface area contributed by atoms with Crippen molar-refractivity contribution in [3.63, 3.8) is 0 Å². The molecule has 0 saturated heterocycles. The molecule has 0 atom stereocenters. The minimum Gasteiger partial charge on any atom is -0.476 e. The summed E-state index contributed by atoms with van der Waals surface area (Å²) >= 11 is 0. The molecule has 3 rings (SSSR count). The molecule has 94 valence electrons. The summed E-state index contributed by atoms with van der Waals surface area (Å²) < 4.78 is 1.67. The van der Waals surface area contributed by atoms with Crippen LogP contribution in [0, 0.1) is 6.92 Å². The van der Waals surface area contributed by atoms with Gasteiger partial charge in [-0.05, 0) is 6.92 Å². The van der Waals surface area contributed by atoms with Gasteiger partial charge in [-0.25, -0.2) is 9.78 Å². The largest absolute Gasteiger partial charge is 0.476 e. The molecule has 1 N–H and O–H groups in total. The molecule has 0 aliphatic rings. The van der Waals surface area contributed by atoms with E-state index in [1.807, 2.05) is 31.2 Å². The predicted molar refractivity (Wildman–Crippen MR) is 70.1 cm³/mol. The number of hydrogen-bond acceptors (Lipinski definition) is 3. The lowest BCUT2D eigenvalue weighted by molar-refractivity contribution is 0.0691. The lowest BCUT2D eigenvalue weighted by Gasteiger charge is -2.02. The summed E-state index contributed by atoms with van der Waals surface area (Å²) in [5.41, 5.74) is 3.31. The van der Waals surface area contributed by atoms with Crippen molar-refractivity contribution < 1.29 is 9.90 Å². The van der Waals surface area contributed by atoms with E-state index in [4.69, 9.17) is 5.11 Å². The Labute approximate surface area is 109 Å². The molecule has 19 heavy (non-hydrogen) atoms. The molecule has 5 nitrogen and oxygen atoms in total. The zero-order chi connectivity index (χ0) is 13.4. The van der Waals surface area contributed by atoms with Crippen molar-refractivity contribution in [1.29, 1.82) is 0 Å². The van der Waals surface area contributed by atoms with Gasteiger partial charge in [-0.3, -0.25) is 4.98 Å². The number of carboxylic acid groups (broad SMARTS) is 1. The second-order valence-corrected chi connectivity index (χ2v) is 4.30. The normalized spacial score (nSPS) is 10.8. The SMILES string of the molecule is Cc1ccc(-c2nccn3cc(C(=O)O)nc23)cc1. The molecular weight excluding hydrogens is 242 g/mol. The molecule has 0 spiro atoms. The highest BCUT2D eigenvalue weighted by atomic mass is 16.4. The van der Waals surface area contributed by atoms with E-state index in [0.29, 0.717) is 11.3 Å². The highest BCUT2D eigenvalue weighted by molar-refractivity contribution is 5.87. The quantitative estimate of drug-likeness (QED) is 0.761. The number of rotatable bonds is 2. The van der Waals surface area contributed by atoms with Gasteiger partial charge in [0, 0.05) is 24.2 Å². The van der Waals surface area contributed by atoms with Crippen LogP contribution in [0.1, 0.15) is 16.1 Å². The lowest BCUT2D eigenvalue weighted by Crippen LogP contribution is -1.95. The van der Waals surface area contributed by atoms with Crippen LogP contribution in [-0.4, -0.2) is 25.4 Å². The van der Waals surface area contributed by atoms with Gasteiger partial charge in [0.15, 0.2) is 11.3 Å². The summed E-state index contributed by atoms with van der Waals surface area (Å²) in [4.78, 5) is 19.4. The fourth-order valence-electron chi connectivity index (χ4n) is 1.94. The molecule has 5 heteroatoms. The molecule has 0 unspecified atom stereocenters. The van der Waals surface area contributed by atoms with Crippen LogP contribution >= 0.6 is 0 Å². The molecule has 0 aliphatic carbocycles. The van der Waals surface area contributed by atoms with Crippen molar-refractivity contribution in [3.8, 4) is 11.3 Å². The predicted octanol–water partition coefficient (Wildman–Crippen LogP) is 2.40. The molecule has 0 bridgehead atoms. The van der Waals surface area contributed by atoms with E-state index in [1.165, 1.54) is 6.20 Å². The van der Waals surface area contributed by atoms with Gasteiger partial charge in [0.1, 0.15) is 5.69 Å². The molecule has 2 aromatic heterocycles. The number of aromatic nitrogens is 3. The van der Waals surface area contributed by atoms with Crippen LogP contribution < -0.4 is 0 Å².